The maximum atomic E-state index is 15.7. The monoisotopic (exact) mass is 906 g/mol. The van der Waals surface area contributed by atoms with Crippen LogP contribution in [0.3, 0.4) is 0 Å². The van der Waals surface area contributed by atoms with Gasteiger partial charge in [-0.05, 0) is 24.6 Å². The highest BCUT2D eigenvalue weighted by molar-refractivity contribution is 7.91. The highest BCUT2D eigenvalue weighted by Gasteiger charge is 2.36. The van der Waals surface area contributed by atoms with Gasteiger partial charge in [0.25, 0.3) is 0 Å². The first-order valence-electron chi connectivity index (χ1n) is 18.7. The maximum absolute atomic E-state index is 15.7. The summed E-state index contributed by atoms with van der Waals surface area (Å²) in [6.45, 7) is 2.01. The third-order valence-corrected chi connectivity index (χ3v) is 12.4. The van der Waals surface area contributed by atoms with Crippen molar-refractivity contribution in [2.24, 2.45) is 0 Å². The number of sulfone groups is 1. The number of unbranched alkanes of at least 4 members (excludes halogenated alkanes) is 5. The summed E-state index contributed by atoms with van der Waals surface area (Å²) in [6.07, 6.45) is 4.44. The molecule has 10 nitrogen and oxygen atoms in total. The summed E-state index contributed by atoms with van der Waals surface area (Å²) < 4.78 is 210. The standard InChI is InChI=1S/C40H22F12N8O2S/c1-2-3-4-5-6-7-10-63(61,62)12-8-9-13-14(11-12)34-53-33(13)54-35-15-17(23(43)29(49)27(47)21(15)41)37(56-35)58-39-19-20(26(46)32(52)31(51)25(19)45)40(60-39)59-38-18-16(36(55-34)57-38)22(42)28(48)30(50)24(18)44/h8-9,11H,2-7,10H2,1H3,(H2,53,54,55,56,57,58,59,60). The molecule has 63 heavy (non-hydrogen) atoms. The van der Waals surface area contributed by atoms with Gasteiger partial charge in [0.05, 0.1) is 43.7 Å². The molecular weight excluding hydrogens is 885 g/mol. The molecule has 4 aromatic carbocycles. The second kappa shape index (κ2) is 15.0. The van der Waals surface area contributed by atoms with E-state index in [2.05, 4.69) is 39.9 Å². The number of nitrogens with zero attached hydrogens (tertiary/aromatic N) is 6. The number of H-pyrrole nitrogens is 2. The van der Waals surface area contributed by atoms with Gasteiger partial charge in [0.15, 0.2) is 103 Å². The number of benzene rings is 4. The number of hydrogen-bond donors (Lipinski definition) is 2. The van der Waals surface area contributed by atoms with Crippen molar-refractivity contribution in [1.29, 1.82) is 0 Å². The number of aromatic nitrogens is 8. The Morgan fingerprint density at radius 2 is 0.794 bits per heavy atom. The molecule has 23 heteroatoms. The highest BCUT2D eigenvalue weighted by atomic mass is 32.2. The molecule has 2 N–H and O–H groups in total. The Hall–Kier alpha value is -6.65. The molecule has 0 radical (unpaired) electrons. The van der Waals surface area contributed by atoms with Crippen molar-refractivity contribution in [1.82, 2.24) is 39.9 Å². The van der Waals surface area contributed by atoms with Crippen molar-refractivity contribution in [2.45, 2.75) is 50.3 Å². The van der Waals surface area contributed by atoms with Crippen molar-refractivity contribution in [3.8, 4) is 45.6 Å². The zero-order valence-electron chi connectivity index (χ0n) is 31.6. The molecule has 0 aliphatic carbocycles. The zero-order chi connectivity index (χ0) is 45.0. The molecular formula is C40H22F12N8O2S. The normalized spacial score (nSPS) is 12.5. The van der Waals surface area contributed by atoms with Crippen LogP contribution in [-0.4, -0.2) is 54.0 Å². The van der Waals surface area contributed by atoms with Gasteiger partial charge >= 0.3 is 0 Å². The first kappa shape index (κ1) is 41.7. The zero-order valence-corrected chi connectivity index (χ0v) is 32.4. The number of rotatable bonds is 8. The first-order chi connectivity index (χ1) is 29.9. The van der Waals surface area contributed by atoms with Crippen LogP contribution < -0.4 is 0 Å². The molecule has 0 saturated carbocycles. The SMILES string of the molecule is CCCCCCCCS(=O)(=O)c1ccc2c3nc4nc(nc5[nH]c(nc6nc(nc([nH]3)c2c1)-c1c(F)c(F)c(F)c(F)c1-6)c1c(F)c(F)c(F)c(F)c51)-c1c(F)c(F)c(F)c(F)c1-4. The number of fused-ring (bicyclic) bond motifs is 20. The Balaban J connectivity index is 1.44. The molecule has 0 fully saturated rings. The molecule has 0 unspecified atom stereocenters. The van der Waals surface area contributed by atoms with Gasteiger partial charge < -0.3 is 9.97 Å². The summed E-state index contributed by atoms with van der Waals surface area (Å²) >= 11 is 0. The number of halogens is 12. The minimum absolute atomic E-state index is 0.117. The van der Waals surface area contributed by atoms with E-state index in [1.54, 1.807) is 0 Å². The Labute approximate surface area is 344 Å². The van der Waals surface area contributed by atoms with Gasteiger partial charge in [-0.25, -0.2) is 91.0 Å². The van der Waals surface area contributed by atoms with Gasteiger partial charge in [0.2, 0.25) is 0 Å². The van der Waals surface area contributed by atoms with Gasteiger partial charge in [-0.3, -0.25) is 0 Å². The summed E-state index contributed by atoms with van der Waals surface area (Å²) in [7, 11) is -4.06. The number of hydrogen-bond acceptors (Lipinski definition) is 8. The van der Waals surface area contributed by atoms with Crippen molar-refractivity contribution in [3.05, 3.63) is 88.0 Å². The van der Waals surface area contributed by atoms with Gasteiger partial charge in [0.1, 0.15) is 22.6 Å². The molecule has 3 aromatic heterocycles. The molecule has 0 atom stereocenters. The predicted molar refractivity (Wildman–Crippen MR) is 201 cm³/mol. The Morgan fingerprint density at radius 1 is 0.429 bits per heavy atom. The van der Waals surface area contributed by atoms with Gasteiger partial charge in [-0.15, -0.1) is 0 Å². The summed E-state index contributed by atoms with van der Waals surface area (Å²) in [5.74, 6) is -31.9. The van der Waals surface area contributed by atoms with Crippen LogP contribution in [0.4, 0.5) is 52.7 Å². The van der Waals surface area contributed by atoms with E-state index in [4.69, 9.17) is 0 Å². The molecule has 0 spiro atoms. The minimum atomic E-state index is -4.06. The lowest BCUT2D eigenvalue weighted by Crippen LogP contribution is -2.06. The molecule has 2 aliphatic heterocycles. The summed E-state index contributed by atoms with van der Waals surface area (Å²) in [4.78, 5) is 28.1. The molecule has 9 rings (SSSR count). The highest BCUT2D eigenvalue weighted by Crippen LogP contribution is 2.43. The van der Waals surface area contributed by atoms with Gasteiger partial charge in [-0.1, -0.05) is 39.0 Å². The van der Waals surface area contributed by atoms with E-state index in [0.29, 0.717) is 6.42 Å². The molecule has 7 aromatic rings. The first-order valence-corrected chi connectivity index (χ1v) is 20.4. The van der Waals surface area contributed by atoms with Crippen LogP contribution in [0.1, 0.15) is 45.4 Å². The van der Waals surface area contributed by atoms with Crippen LogP contribution in [0, 0.1) is 69.8 Å². The average molecular weight is 907 g/mol. The molecule has 8 bridgehead atoms. The summed E-state index contributed by atoms with van der Waals surface area (Å²) in [6, 6.07) is 3.38. The lowest BCUT2D eigenvalue weighted by molar-refractivity contribution is 0.412. The van der Waals surface area contributed by atoms with E-state index >= 15 is 26.3 Å². The quantitative estimate of drug-likeness (QED) is 0.0664. The van der Waals surface area contributed by atoms with Crippen molar-refractivity contribution < 1.29 is 61.1 Å². The molecule has 0 amide bonds. The fourth-order valence-corrected chi connectivity index (χ4v) is 8.88. The second-order valence-electron chi connectivity index (χ2n) is 14.4. The fourth-order valence-electron chi connectivity index (χ4n) is 7.49. The molecule has 5 heterocycles. The van der Waals surface area contributed by atoms with Crippen LogP contribution in [0.2, 0.25) is 0 Å². The van der Waals surface area contributed by atoms with Crippen molar-refractivity contribution >= 4 is 54.0 Å². The predicted octanol–water partition coefficient (Wildman–Crippen LogP) is 10.7. The van der Waals surface area contributed by atoms with E-state index < -0.39 is 159 Å². The van der Waals surface area contributed by atoms with E-state index in [1.165, 1.54) is 6.07 Å². The van der Waals surface area contributed by atoms with E-state index in [9.17, 15) is 34.8 Å². The number of nitrogens with one attached hydrogen (secondary N) is 2. The minimum Gasteiger partial charge on any atom is -0.324 e. The third-order valence-electron chi connectivity index (χ3n) is 10.6. The Morgan fingerprint density at radius 3 is 1.24 bits per heavy atom. The van der Waals surface area contributed by atoms with E-state index in [0.717, 1.165) is 37.8 Å². The fraction of sp³-hybridized carbons (Fsp3) is 0.200. The van der Waals surface area contributed by atoms with Crippen molar-refractivity contribution in [2.75, 3.05) is 5.75 Å². The van der Waals surface area contributed by atoms with Crippen LogP contribution in [0.5, 0.6) is 0 Å². The molecule has 324 valence electrons. The lowest BCUT2D eigenvalue weighted by atomic mass is 10.1. The van der Waals surface area contributed by atoms with E-state index in [-0.39, 0.29) is 27.8 Å². The second-order valence-corrected chi connectivity index (χ2v) is 16.5. The third kappa shape index (κ3) is 6.36. The van der Waals surface area contributed by atoms with Gasteiger partial charge in [0, 0.05) is 10.8 Å². The Bertz CT molecular complexity index is 3470. The lowest BCUT2D eigenvalue weighted by Gasteiger charge is -2.06. The maximum Gasteiger partial charge on any atom is 0.198 e. The summed E-state index contributed by atoms with van der Waals surface area (Å²) in [5.41, 5.74) is -8.25. The summed E-state index contributed by atoms with van der Waals surface area (Å²) in [5, 5.41) is -3.00. The average Bonchev–Trinajstić information content (AvgIpc) is 4.01. The van der Waals surface area contributed by atoms with E-state index in [1.807, 2.05) is 6.92 Å². The topological polar surface area (TPSA) is 143 Å². The Kier molecular flexibility index (Phi) is 9.94. The molecule has 0 saturated heterocycles. The van der Waals surface area contributed by atoms with Crippen LogP contribution in [0.15, 0.2) is 23.1 Å². The van der Waals surface area contributed by atoms with Crippen LogP contribution in [-0.2, 0) is 9.84 Å². The van der Waals surface area contributed by atoms with Crippen LogP contribution in [0.25, 0.3) is 89.7 Å². The number of aromatic amines is 2. The molecule has 2 aliphatic rings. The van der Waals surface area contributed by atoms with Crippen LogP contribution >= 0.6 is 0 Å². The largest absolute Gasteiger partial charge is 0.324 e. The smallest absolute Gasteiger partial charge is 0.198 e. The van der Waals surface area contributed by atoms with Gasteiger partial charge in [-0.2, -0.15) is 0 Å². The van der Waals surface area contributed by atoms with Crippen molar-refractivity contribution in [3.63, 3.8) is 0 Å².